The second-order valence-electron chi connectivity index (χ2n) is 5.05. The molecule has 1 unspecified atom stereocenters. The van der Waals surface area contributed by atoms with Crippen LogP contribution in [0.4, 0.5) is 11.4 Å². The van der Waals surface area contributed by atoms with E-state index in [1.54, 1.807) is 0 Å². The summed E-state index contributed by atoms with van der Waals surface area (Å²) in [6.45, 7) is 2.02. The van der Waals surface area contributed by atoms with Crippen molar-refractivity contribution >= 4 is 11.4 Å². The predicted octanol–water partition coefficient (Wildman–Crippen LogP) is 4.44. The van der Waals surface area contributed by atoms with Gasteiger partial charge in [-0.05, 0) is 17.5 Å². The lowest BCUT2D eigenvalue weighted by Crippen LogP contribution is -2.03. The van der Waals surface area contributed by atoms with Gasteiger partial charge >= 0.3 is 0 Å². The third-order valence-electron chi connectivity index (χ3n) is 3.53. The van der Waals surface area contributed by atoms with Crippen LogP contribution >= 0.6 is 0 Å². The first-order valence-corrected chi connectivity index (χ1v) is 7.01. The Morgan fingerprint density at radius 2 is 1.45 bits per heavy atom. The van der Waals surface area contributed by atoms with Gasteiger partial charge in [-0.1, -0.05) is 43.7 Å². The molecule has 2 rings (SSSR count). The Morgan fingerprint density at radius 3 is 1.91 bits per heavy atom. The monoisotopic (exact) mass is 300 g/mol. The molecule has 2 aromatic carbocycles. The highest BCUT2D eigenvalue weighted by Crippen LogP contribution is 2.34. The maximum absolute atomic E-state index is 11.0. The number of nitrogens with zero attached hydrogens (tertiary/aromatic N) is 2. The zero-order chi connectivity index (χ0) is 16.1. The first kappa shape index (κ1) is 15.6. The summed E-state index contributed by atoms with van der Waals surface area (Å²) in [6, 6.07) is 13.4. The van der Waals surface area contributed by atoms with E-state index in [0.717, 1.165) is 24.5 Å². The molecule has 0 N–H and O–H groups in total. The average molecular weight is 300 g/mol. The Morgan fingerprint density at radius 1 is 0.909 bits per heavy atom. The van der Waals surface area contributed by atoms with Gasteiger partial charge in [-0.25, -0.2) is 0 Å². The second kappa shape index (κ2) is 6.80. The van der Waals surface area contributed by atoms with Crippen molar-refractivity contribution in [2.75, 3.05) is 0 Å². The first-order chi connectivity index (χ1) is 10.5. The van der Waals surface area contributed by atoms with Crippen LogP contribution in [-0.4, -0.2) is 9.85 Å². The maximum Gasteiger partial charge on any atom is 0.276 e. The number of rotatable bonds is 6. The van der Waals surface area contributed by atoms with Crippen LogP contribution in [0.1, 0.15) is 36.8 Å². The Labute approximate surface area is 127 Å². The van der Waals surface area contributed by atoms with Crippen LogP contribution in [0.15, 0.2) is 48.5 Å². The van der Waals surface area contributed by atoms with E-state index < -0.39 is 9.85 Å². The molecule has 2 aromatic rings. The van der Waals surface area contributed by atoms with Crippen molar-refractivity contribution in [3.8, 4) is 0 Å². The SMILES string of the molecule is CCCC(c1ccccc1)c1cc([N+](=O)[O-])cc([N+](=O)[O-])c1. The molecule has 1 atom stereocenters. The van der Waals surface area contributed by atoms with Gasteiger partial charge in [-0.3, -0.25) is 20.2 Å². The van der Waals surface area contributed by atoms with Gasteiger partial charge in [0.05, 0.1) is 15.9 Å². The van der Waals surface area contributed by atoms with E-state index >= 15 is 0 Å². The van der Waals surface area contributed by atoms with Crippen molar-refractivity contribution < 1.29 is 9.85 Å². The molecule has 0 aliphatic carbocycles. The van der Waals surface area contributed by atoms with Crippen molar-refractivity contribution in [1.82, 2.24) is 0 Å². The summed E-state index contributed by atoms with van der Waals surface area (Å²) in [4.78, 5) is 20.9. The van der Waals surface area contributed by atoms with Crippen molar-refractivity contribution in [2.24, 2.45) is 0 Å². The summed E-state index contributed by atoms with van der Waals surface area (Å²) in [5.74, 6) is -0.0928. The molecule has 0 spiro atoms. The van der Waals surface area contributed by atoms with E-state index in [9.17, 15) is 20.2 Å². The highest BCUT2D eigenvalue weighted by Gasteiger charge is 2.21. The molecule has 0 heterocycles. The molecule has 114 valence electrons. The molecule has 0 fully saturated rings. The Hall–Kier alpha value is -2.76. The van der Waals surface area contributed by atoms with Gasteiger partial charge < -0.3 is 0 Å². The summed E-state index contributed by atoms with van der Waals surface area (Å²) < 4.78 is 0. The minimum Gasteiger partial charge on any atom is -0.258 e. The van der Waals surface area contributed by atoms with E-state index in [4.69, 9.17) is 0 Å². The molecule has 0 aliphatic heterocycles. The molecule has 0 amide bonds. The largest absolute Gasteiger partial charge is 0.276 e. The van der Waals surface area contributed by atoms with Gasteiger partial charge in [0.25, 0.3) is 11.4 Å². The zero-order valence-electron chi connectivity index (χ0n) is 12.1. The van der Waals surface area contributed by atoms with E-state index in [-0.39, 0.29) is 17.3 Å². The maximum atomic E-state index is 11.0. The predicted molar refractivity (Wildman–Crippen MR) is 82.9 cm³/mol. The average Bonchev–Trinajstić information content (AvgIpc) is 2.52. The van der Waals surface area contributed by atoms with Gasteiger partial charge in [-0.2, -0.15) is 0 Å². The van der Waals surface area contributed by atoms with Crippen molar-refractivity contribution in [3.05, 3.63) is 79.9 Å². The Kier molecular flexibility index (Phi) is 4.83. The van der Waals surface area contributed by atoms with E-state index in [2.05, 4.69) is 0 Å². The Balaban J connectivity index is 2.55. The lowest BCUT2D eigenvalue weighted by molar-refractivity contribution is -0.394. The van der Waals surface area contributed by atoms with E-state index in [0.29, 0.717) is 5.56 Å². The highest BCUT2D eigenvalue weighted by atomic mass is 16.6. The fourth-order valence-electron chi connectivity index (χ4n) is 2.53. The molecule has 22 heavy (non-hydrogen) atoms. The van der Waals surface area contributed by atoms with Gasteiger partial charge in [0.15, 0.2) is 0 Å². The number of benzene rings is 2. The summed E-state index contributed by atoms with van der Waals surface area (Å²) in [5.41, 5.74) is 1.11. The molecule has 0 saturated carbocycles. The van der Waals surface area contributed by atoms with Crippen LogP contribution in [-0.2, 0) is 0 Å². The van der Waals surface area contributed by atoms with Crippen LogP contribution < -0.4 is 0 Å². The third kappa shape index (κ3) is 3.46. The van der Waals surface area contributed by atoms with Crippen LogP contribution in [0.5, 0.6) is 0 Å². The minimum absolute atomic E-state index is 0.0928. The molecule has 0 aromatic heterocycles. The van der Waals surface area contributed by atoms with Gasteiger partial charge in [0.2, 0.25) is 0 Å². The van der Waals surface area contributed by atoms with Gasteiger partial charge in [0, 0.05) is 18.1 Å². The normalized spacial score (nSPS) is 11.9. The molecular weight excluding hydrogens is 284 g/mol. The number of hydrogen-bond donors (Lipinski definition) is 0. The highest BCUT2D eigenvalue weighted by molar-refractivity contribution is 5.49. The fraction of sp³-hybridized carbons (Fsp3) is 0.250. The topological polar surface area (TPSA) is 86.3 Å². The molecule has 0 saturated heterocycles. The lowest BCUT2D eigenvalue weighted by atomic mass is 9.87. The molecule has 6 nitrogen and oxygen atoms in total. The van der Waals surface area contributed by atoms with E-state index in [1.807, 2.05) is 37.3 Å². The number of non-ortho nitro benzene ring substituents is 2. The smallest absolute Gasteiger partial charge is 0.258 e. The lowest BCUT2D eigenvalue weighted by Gasteiger charge is -2.17. The van der Waals surface area contributed by atoms with Crippen molar-refractivity contribution in [2.45, 2.75) is 25.7 Å². The summed E-state index contributed by atoms with van der Waals surface area (Å²) >= 11 is 0. The van der Waals surface area contributed by atoms with Gasteiger partial charge in [0.1, 0.15) is 0 Å². The van der Waals surface area contributed by atoms with Crippen LogP contribution in [0, 0.1) is 20.2 Å². The quantitative estimate of drug-likeness (QED) is 0.583. The van der Waals surface area contributed by atoms with Crippen LogP contribution in [0.25, 0.3) is 0 Å². The number of nitro groups is 2. The third-order valence-corrected chi connectivity index (χ3v) is 3.53. The summed E-state index contributed by atoms with van der Waals surface area (Å²) in [5, 5.41) is 22.1. The summed E-state index contributed by atoms with van der Waals surface area (Å²) in [6.07, 6.45) is 1.64. The van der Waals surface area contributed by atoms with Crippen molar-refractivity contribution in [1.29, 1.82) is 0 Å². The Bertz CT molecular complexity index is 654. The van der Waals surface area contributed by atoms with Gasteiger partial charge in [-0.15, -0.1) is 0 Å². The van der Waals surface area contributed by atoms with Crippen LogP contribution in [0.3, 0.4) is 0 Å². The molecule has 0 aliphatic rings. The molecule has 0 bridgehead atoms. The molecular formula is C16H16N2O4. The number of hydrogen-bond acceptors (Lipinski definition) is 4. The van der Waals surface area contributed by atoms with Crippen LogP contribution in [0.2, 0.25) is 0 Å². The second-order valence-corrected chi connectivity index (χ2v) is 5.05. The fourth-order valence-corrected chi connectivity index (χ4v) is 2.53. The first-order valence-electron chi connectivity index (χ1n) is 7.01. The molecule has 0 radical (unpaired) electrons. The van der Waals surface area contributed by atoms with Crippen molar-refractivity contribution in [3.63, 3.8) is 0 Å². The van der Waals surface area contributed by atoms with E-state index in [1.165, 1.54) is 12.1 Å². The standard InChI is InChI=1S/C16H16N2O4/c1-2-6-16(12-7-4-3-5-8-12)13-9-14(17(19)20)11-15(10-13)18(21)22/h3-5,7-11,16H,2,6H2,1H3. The zero-order valence-corrected chi connectivity index (χ0v) is 12.1. The minimum atomic E-state index is -0.593. The molecule has 6 heteroatoms. The number of nitro benzene ring substituents is 2. The summed E-state index contributed by atoms with van der Waals surface area (Å²) in [7, 11) is 0.